The van der Waals surface area contributed by atoms with Gasteiger partial charge in [0.2, 0.25) is 5.88 Å². The highest BCUT2D eigenvalue weighted by molar-refractivity contribution is 5.90. The molecule has 3 aromatic carbocycles. The van der Waals surface area contributed by atoms with E-state index >= 15 is 0 Å². The third kappa shape index (κ3) is 3.76. The SMILES string of the molecule is COc1ccccc1[C@H]1c2c(ncn(CCCN(C)C)c2=N)Oc2ccc3ccccc3c21. The minimum absolute atomic E-state index is 0.229. The maximum Gasteiger partial charge on any atom is 0.228 e. The highest BCUT2D eigenvalue weighted by atomic mass is 16.5. The van der Waals surface area contributed by atoms with Crippen LogP contribution in [0.5, 0.6) is 17.4 Å². The summed E-state index contributed by atoms with van der Waals surface area (Å²) in [6, 6.07) is 20.4. The third-order valence-corrected chi connectivity index (χ3v) is 6.26. The Hall–Kier alpha value is -3.64. The topological polar surface area (TPSA) is 63.4 Å². The molecule has 168 valence electrons. The molecule has 0 radical (unpaired) electrons. The summed E-state index contributed by atoms with van der Waals surface area (Å²) in [6.07, 6.45) is 2.66. The lowest BCUT2D eigenvalue weighted by molar-refractivity contribution is 0.378. The molecule has 2 heterocycles. The van der Waals surface area contributed by atoms with Crippen molar-refractivity contribution in [2.45, 2.75) is 18.9 Å². The predicted octanol–water partition coefficient (Wildman–Crippen LogP) is 4.76. The lowest BCUT2D eigenvalue weighted by Gasteiger charge is -2.30. The Labute approximate surface area is 193 Å². The summed E-state index contributed by atoms with van der Waals surface area (Å²) in [4.78, 5) is 6.81. The summed E-state index contributed by atoms with van der Waals surface area (Å²) in [6.45, 7) is 1.67. The van der Waals surface area contributed by atoms with Gasteiger partial charge in [0.15, 0.2) is 0 Å². The molecule has 1 aliphatic rings. The number of aryl methyl sites for hydroxylation is 1. The maximum atomic E-state index is 9.16. The van der Waals surface area contributed by atoms with Crippen LogP contribution in [0.15, 0.2) is 67.0 Å². The van der Waals surface area contributed by atoms with Crippen LogP contribution in [0, 0.1) is 5.41 Å². The number of para-hydroxylation sites is 1. The molecule has 1 aliphatic heterocycles. The van der Waals surface area contributed by atoms with Crippen LogP contribution in [0.3, 0.4) is 0 Å². The lowest BCUT2D eigenvalue weighted by Crippen LogP contribution is -2.30. The number of nitrogens with one attached hydrogen (secondary N) is 1. The molecule has 0 saturated carbocycles. The Morgan fingerprint density at radius 3 is 2.64 bits per heavy atom. The van der Waals surface area contributed by atoms with Gasteiger partial charge in [0, 0.05) is 17.7 Å². The average Bonchev–Trinajstić information content (AvgIpc) is 2.84. The number of fused-ring (bicyclic) bond motifs is 4. The van der Waals surface area contributed by atoms with E-state index in [0.29, 0.717) is 11.4 Å². The van der Waals surface area contributed by atoms with Crippen LogP contribution in [0.4, 0.5) is 0 Å². The van der Waals surface area contributed by atoms with Crippen LogP contribution in [0.1, 0.15) is 29.0 Å². The van der Waals surface area contributed by atoms with Gasteiger partial charge >= 0.3 is 0 Å². The van der Waals surface area contributed by atoms with E-state index in [4.69, 9.17) is 14.9 Å². The first-order valence-electron chi connectivity index (χ1n) is 11.2. The molecule has 1 N–H and O–H groups in total. The Balaban J connectivity index is 1.75. The first kappa shape index (κ1) is 21.2. The number of ether oxygens (including phenoxy) is 2. The maximum absolute atomic E-state index is 9.16. The molecule has 0 fully saturated rings. The van der Waals surface area contributed by atoms with Gasteiger partial charge < -0.3 is 18.9 Å². The summed E-state index contributed by atoms with van der Waals surface area (Å²) in [7, 11) is 5.81. The second-order valence-electron chi connectivity index (χ2n) is 8.64. The largest absolute Gasteiger partial charge is 0.496 e. The number of methoxy groups -OCH3 is 1. The quantitative estimate of drug-likeness (QED) is 0.413. The van der Waals surface area contributed by atoms with Crippen molar-refractivity contribution in [3.8, 4) is 17.4 Å². The van der Waals surface area contributed by atoms with E-state index in [1.807, 2.05) is 41.0 Å². The summed E-state index contributed by atoms with van der Waals surface area (Å²) >= 11 is 0. The summed E-state index contributed by atoms with van der Waals surface area (Å²) in [5.74, 6) is 1.82. The van der Waals surface area contributed by atoms with Gasteiger partial charge in [0.25, 0.3) is 0 Å². The van der Waals surface area contributed by atoms with E-state index in [-0.39, 0.29) is 5.92 Å². The molecular weight excluding hydrogens is 412 g/mol. The Kier molecular flexibility index (Phi) is 5.60. The number of aromatic nitrogens is 2. The second-order valence-corrected chi connectivity index (χ2v) is 8.64. The Bertz CT molecular complexity index is 1380. The van der Waals surface area contributed by atoms with Crippen LogP contribution in [-0.2, 0) is 6.54 Å². The standard InChI is InChI=1S/C27H28N4O2/c1-30(2)15-8-16-31-17-29-27-25(26(31)28)24(20-11-6-7-12-21(20)32-3)23-19-10-5-4-9-18(19)13-14-22(23)33-27/h4-7,9-14,17,24,28H,8,15-16H2,1-3H3/t24-/m1/s1. The van der Waals surface area contributed by atoms with Crippen molar-refractivity contribution in [3.05, 3.63) is 89.2 Å². The van der Waals surface area contributed by atoms with Crippen molar-refractivity contribution < 1.29 is 9.47 Å². The lowest BCUT2D eigenvalue weighted by atomic mass is 9.81. The second kappa shape index (κ2) is 8.71. The molecule has 33 heavy (non-hydrogen) atoms. The van der Waals surface area contributed by atoms with Gasteiger partial charge in [0.1, 0.15) is 23.3 Å². The van der Waals surface area contributed by atoms with Gasteiger partial charge in [-0.25, -0.2) is 4.98 Å². The number of hydrogen-bond acceptors (Lipinski definition) is 5. The fourth-order valence-electron chi connectivity index (χ4n) is 4.70. The summed E-state index contributed by atoms with van der Waals surface area (Å²) in [5, 5.41) is 11.4. The zero-order valence-electron chi connectivity index (χ0n) is 19.2. The minimum atomic E-state index is -0.229. The molecule has 6 heteroatoms. The normalized spacial score (nSPS) is 14.6. The monoisotopic (exact) mass is 440 g/mol. The van der Waals surface area contributed by atoms with Crippen LogP contribution >= 0.6 is 0 Å². The van der Waals surface area contributed by atoms with E-state index in [2.05, 4.69) is 48.2 Å². The molecule has 0 aliphatic carbocycles. The molecule has 0 unspecified atom stereocenters. The van der Waals surface area contributed by atoms with Crippen LogP contribution < -0.4 is 15.0 Å². The molecule has 0 saturated heterocycles. The predicted molar refractivity (Wildman–Crippen MR) is 129 cm³/mol. The molecule has 0 bridgehead atoms. The molecule has 5 rings (SSSR count). The minimum Gasteiger partial charge on any atom is -0.496 e. The van der Waals surface area contributed by atoms with Gasteiger partial charge in [-0.05, 0) is 50.0 Å². The molecule has 1 aromatic heterocycles. The van der Waals surface area contributed by atoms with Gasteiger partial charge in [-0.1, -0.05) is 48.5 Å². The van der Waals surface area contributed by atoms with E-state index in [9.17, 15) is 0 Å². The highest BCUT2D eigenvalue weighted by Gasteiger charge is 2.35. The first-order chi connectivity index (χ1) is 16.1. The van der Waals surface area contributed by atoms with Crippen molar-refractivity contribution in [3.63, 3.8) is 0 Å². The van der Waals surface area contributed by atoms with Crippen LogP contribution in [0.2, 0.25) is 0 Å². The van der Waals surface area contributed by atoms with Crippen LogP contribution in [-0.4, -0.2) is 42.2 Å². The third-order valence-electron chi connectivity index (χ3n) is 6.26. The van der Waals surface area contributed by atoms with Gasteiger partial charge in [-0.15, -0.1) is 0 Å². The molecule has 0 spiro atoms. The smallest absolute Gasteiger partial charge is 0.228 e. The number of rotatable bonds is 6. The van der Waals surface area contributed by atoms with E-state index < -0.39 is 0 Å². The average molecular weight is 441 g/mol. The first-order valence-corrected chi connectivity index (χ1v) is 11.2. The number of hydrogen-bond donors (Lipinski definition) is 1. The highest BCUT2D eigenvalue weighted by Crippen LogP contribution is 2.49. The Morgan fingerprint density at radius 1 is 1.03 bits per heavy atom. The van der Waals surface area contributed by atoms with E-state index in [0.717, 1.165) is 58.5 Å². The fraction of sp³-hybridized carbons (Fsp3) is 0.259. The molecular formula is C27H28N4O2. The van der Waals surface area contributed by atoms with E-state index in [1.165, 1.54) is 0 Å². The van der Waals surface area contributed by atoms with Crippen LogP contribution in [0.25, 0.3) is 10.8 Å². The van der Waals surface area contributed by atoms with Crippen molar-refractivity contribution in [1.82, 2.24) is 14.5 Å². The zero-order valence-corrected chi connectivity index (χ0v) is 19.2. The Morgan fingerprint density at radius 2 is 1.82 bits per heavy atom. The van der Waals surface area contributed by atoms with Crippen molar-refractivity contribution in [2.75, 3.05) is 27.7 Å². The molecule has 4 aromatic rings. The number of nitrogens with zero attached hydrogens (tertiary/aromatic N) is 3. The molecule has 1 atom stereocenters. The zero-order chi connectivity index (χ0) is 22.9. The van der Waals surface area contributed by atoms with Crippen molar-refractivity contribution in [1.29, 1.82) is 5.41 Å². The van der Waals surface area contributed by atoms with Crippen molar-refractivity contribution >= 4 is 10.8 Å². The fourth-order valence-corrected chi connectivity index (χ4v) is 4.70. The van der Waals surface area contributed by atoms with Gasteiger partial charge in [-0.3, -0.25) is 5.41 Å². The molecule has 6 nitrogen and oxygen atoms in total. The van der Waals surface area contributed by atoms with Gasteiger partial charge in [0.05, 0.1) is 18.6 Å². The summed E-state index contributed by atoms with van der Waals surface area (Å²) in [5.41, 5.74) is 3.25. The molecule has 0 amide bonds. The number of benzene rings is 3. The van der Waals surface area contributed by atoms with E-state index in [1.54, 1.807) is 13.4 Å². The summed E-state index contributed by atoms with van der Waals surface area (Å²) < 4.78 is 14.0. The van der Waals surface area contributed by atoms with Gasteiger partial charge in [-0.2, -0.15) is 0 Å². The van der Waals surface area contributed by atoms with Crippen molar-refractivity contribution in [2.24, 2.45) is 0 Å².